The van der Waals surface area contributed by atoms with Crippen LogP contribution in [0.5, 0.6) is 5.75 Å². The van der Waals surface area contributed by atoms with Crippen LogP contribution in [0, 0.1) is 11.7 Å². The molecule has 2 aromatic rings. The normalized spacial score (nSPS) is 12.5. The Kier molecular flexibility index (Phi) is 7.00. The lowest BCUT2D eigenvalue weighted by Gasteiger charge is -2.26. The highest BCUT2D eigenvalue weighted by Crippen LogP contribution is 2.22. The van der Waals surface area contributed by atoms with E-state index in [0.717, 1.165) is 5.56 Å². The molecule has 0 spiro atoms. The molecular weight excluding hydrogens is 357 g/mol. The van der Waals surface area contributed by atoms with Gasteiger partial charge in [-0.15, -0.1) is 0 Å². The highest BCUT2D eigenvalue weighted by atomic mass is 35.5. The van der Waals surface area contributed by atoms with E-state index in [2.05, 4.69) is 5.32 Å². The van der Waals surface area contributed by atoms with E-state index in [9.17, 15) is 14.3 Å². The van der Waals surface area contributed by atoms with E-state index in [-0.39, 0.29) is 30.8 Å². The second-order valence-electron chi connectivity index (χ2n) is 6.66. The number of halogens is 2. The summed E-state index contributed by atoms with van der Waals surface area (Å²) < 4.78 is 18.7. The summed E-state index contributed by atoms with van der Waals surface area (Å²) in [5.41, 5.74) is -0.199. The Hall–Kier alpha value is -2.11. The van der Waals surface area contributed by atoms with Crippen molar-refractivity contribution in [2.24, 2.45) is 5.92 Å². The Morgan fingerprint density at radius 2 is 1.96 bits per heavy atom. The van der Waals surface area contributed by atoms with Crippen LogP contribution in [0.3, 0.4) is 0 Å². The number of benzene rings is 2. The fourth-order valence-electron chi connectivity index (χ4n) is 2.48. The number of rotatable bonds is 8. The highest BCUT2D eigenvalue weighted by Gasteiger charge is 2.30. The summed E-state index contributed by atoms with van der Waals surface area (Å²) in [5, 5.41) is 12.9. The number of carbonyl (C=O) groups is 1. The Labute approximate surface area is 157 Å². The molecule has 0 radical (unpaired) electrons. The Morgan fingerprint density at radius 3 is 2.58 bits per heavy atom. The number of amides is 1. The summed E-state index contributed by atoms with van der Waals surface area (Å²) in [4.78, 5) is 12.5. The molecule has 0 heterocycles. The Bertz CT molecular complexity index is 734. The number of carbonyl (C=O) groups excluding carboxylic acids is 1. The lowest BCUT2D eigenvalue weighted by atomic mass is 9.99. The van der Waals surface area contributed by atoms with E-state index in [0.29, 0.717) is 17.2 Å². The third-order valence-electron chi connectivity index (χ3n) is 3.96. The van der Waals surface area contributed by atoms with Gasteiger partial charge in [0, 0.05) is 24.1 Å². The number of aliphatic hydroxyl groups excluding tert-OH is 1. The lowest BCUT2D eigenvalue weighted by Crippen LogP contribution is -2.48. The summed E-state index contributed by atoms with van der Waals surface area (Å²) in [5.74, 6) is -0.272. The van der Waals surface area contributed by atoms with Crippen LogP contribution in [0.25, 0.3) is 0 Å². The van der Waals surface area contributed by atoms with Crippen LogP contribution in [0.2, 0.25) is 5.02 Å². The molecule has 1 amide bonds. The molecular formula is C20H23ClFNO3. The monoisotopic (exact) mass is 379 g/mol. The van der Waals surface area contributed by atoms with Crippen LogP contribution in [0.1, 0.15) is 19.4 Å². The summed E-state index contributed by atoms with van der Waals surface area (Å²) in [6.07, 6.45) is 0.534. The first-order chi connectivity index (χ1) is 12.3. The molecule has 1 atom stereocenters. The maximum atomic E-state index is 13.0. The molecule has 0 unspecified atom stereocenters. The summed E-state index contributed by atoms with van der Waals surface area (Å²) in [6, 6.07) is 12.9. The van der Waals surface area contributed by atoms with Crippen molar-refractivity contribution >= 4 is 17.5 Å². The minimum Gasteiger partial charge on any atom is -0.478 e. The second-order valence-corrected chi connectivity index (χ2v) is 7.10. The van der Waals surface area contributed by atoms with Crippen LogP contribution in [0.15, 0.2) is 48.5 Å². The zero-order chi connectivity index (χ0) is 19.2. The molecule has 0 aromatic heterocycles. The molecule has 6 heteroatoms. The van der Waals surface area contributed by atoms with E-state index < -0.39 is 5.60 Å². The van der Waals surface area contributed by atoms with Crippen molar-refractivity contribution in [3.63, 3.8) is 0 Å². The fraction of sp³-hybridized carbons (Fsp3) is 0.350. The average Bonchev–Trinajstić information content (AvgIpc) is 2.59. The van der Waals surface area contributed by atoms with Gasteiger partial charge in [-0.3, -0.25) is 4.79 Å². The molecule has 2 rings (SSSR count). The van der Waals surface area contributed by atoms with Crippen molar-refractivity contribution in [2.75, 3.05) is 13.2 Å². The lowest BCUT2D eigenvalue weighted by molar-refractivity contribution is -0.134. The van der Waals surface area contributed by atoms with Gasteiger partial charge in [-0.2, -0.15) is 0 Å². The topological polar surface area (TPSA) is 58.6 Å². The van der Waals surface area contributed by atoms with E-state index in [4.69, 9.17) is 16.3 Å². The molecule has 2 aromatic carbocycles. The van der Waals surface area contributed by atoms with Gasteiger partial charge in [0.2, 0.25) is 0 Å². The van der Waals surface area contributed by atoms with Gasteiger partial charge in [-0.05, 0) is 56.2 Å². The van der Waals surface area contributed by atoms with Gasteiger partial charge in [0.05, 0.1) is 0 Å². The largest absolute Gasteiger partial charge is 0.478 e. The van der Waals surface area contributed by atoms with Crippen molar-refractivity contribution in [1.29, 1.82) is 0 Å². The molecule has 0 fully saturated rings. The average molecular weight is 380 g/mol. The van der Waals surface area contributed by atoms with Crippen molar-refractivity contribution in [3.8, 4) is 5.75 Å². The van der Waals surface area contributed by atoms with Gasteiger partial charge in [-0.1, -0.05) is 29.8 Å². The predicted octanol–water partition coefficient (Wildman–Crippen LogP) is 3.60. The Morgan fingerprint density at radius 1 is 1.27 bits per heavy atom. The van der Waals surface area contributed by atoms with Crippen molar-refractivity contribution in [3.05, 3.63) is 64.9 Å². The first kappa shape index (κ1) is 20.2. The first-order valence-corrected chi connectivity index (χ1v) is 8.76. The number of hydrogen-bond acceptors (Lipinski definition) is 3. The van der Waals surface area contributed by atoms with E-state index in [1.54, 1.807) is 50.2 Å². The minimum absolute atomic E-state index is 0.0900. The minimum atomic E-state index is -1.10. The van der Waals surface area contributed by atoms with Gasteiger partial charge < -0.3 is 15.2 Å². The summed E-state index contributed by atoms with van der Waals surface area (Å²) in [7, 11) is 0. The zero-order valence-corrected chi connectivity index (χ0v) is 15.6. The molecule has 0 aliphatic carbocycles. The van der Waals surface area contributed by atoms with Gasteiger partial charge in [0.15, 0.2) is 5.60 Å². The third-order valence-corrected chi connectivity index (χ3v) is 4.20. The summed E-state index contributed by atoms with van der Waals surface area (Å²) >= 11 is 5.93. The number of nitrogens with one attached hydrogen (secondary N) is 1. The molecule has 2 N–H and O–H groups in total. The van der Waals surface area contributed by atoms with Crippen molar-refractivity contribution in [2.45, 2.75) is 25.9 Å². The standard InChI is InChI=1S/C20H23ClFNO3/c1-20(2,26-18-5-3-4-16(21)11-18)19(25)23-12-15(13-24)10-14-6-8-17(22)9-7-14/h3-9,11,15,24H,10,12-13H2,1-2H3,(H,23,25)/t15-/m0/s1. The molecule has 0 bridgehead atoms. The van der Waals surface area contributed by atoms with Gasteiger partial charge in [-0.25, -0.2) is 4.39 Å². The maximum absolute atomic E-state index is 13.0. The third kappa shape index (κ3) is 6.00. The molecule has 26 heavy (non-hydrogen) atoms. The van der Waals surface area contributed by atoms with Gasteiger partial charge in [0.25, 0.3) is 5.91 Å². The first-order valence-electron chi connectivity index (χ1n) is 8.38. The van der Waals surface area contributed by atoms with Crippen LogP contribution in [-0.2, 0) is 11.2 Å². The van der Waals surface area contributed by atoms with Crippen molar-refractivity contribution in [1.82, 2.24) is 5.32 Å². The molecule has 0 saturated heterocycles. The second kappa shape index (κ2) is 9.01. The quantitative estimate of drug-likeness (QED) is 0.736. The zero-order valence-electron chi connectivity index (χ0n) is 14.8. The van der Waals surface area contributed by atoms with Crippen LogP contribution in [0.4, 0.5) is 4.39 Å². The smallest absolute Gasteiger partial charge is 0.263 e. The maximum Gasteiger partial charge on any atom is 0.263 e. The molecule has 0 aliphatic rings. The van der Waals surface area contributed by atoms with E-state index in [1.165, 1.54) is 12.1 Å². The molecule has 4 nitrogen and oxygen atoms in total. The molecule has 0 aliphatic heterocycles. The van der Waals surface area contributed by atoms with Gasteiger partial charge >= 0.3 is 0 Å². The fourth-order valence-corrected chi connectivity index (χ4v) is 2.66. The van der Waals surface area contributed by atoms with E-state index >= 15 is 0 Å². The van der Waals surface area contributed by atoms with Crippen LogP contribution in [-0.4, -0.2) is 29.8 Å². The van der Waals surface area contributed by atoms with E-state index in [1.807, 2.05) is 0 Å². The summed E-state index contributed by atoms with van der Waals surface area (Å²) in [6.45, 7) is 3.52. The highest BCUT2D eigenvalue weighted by molar-refractivity contribution is 6.30. The van der Waals surface area contributed by atoms with Crippen LogP contribution < -0.4 is 10.1 Å². The van der Waals surface area contributed by atoms with Crippen molar-refractivity contribution < 1.29 is 19.0 Å². The van der Waals surface area contributed by atoms with Crippen LogP contribution >= 0.6 is 11.6 Å². The van der Waals surface area contributed by atoms with Gasteiger partial charge in [0.1, 0.15) is 11.6 Å². The predicted molar refractivity (Wildman–Crippen MR) is 99.8 cm³/mol. The number of aliphatic hydroxyl groups is 1. The molecule has 0 saturated carbocycles. The molecule has 140 valence electrons. The number of ether oxygens (including phenoxy) is 1. The Balaban J connectivity index is 1.91. The SMILES string of the molecule is CC(C)(Oc1cccc(Cl)c1)C(=O)NC[C@@H](CO)Cc1ccc(F)cc1. The number of hydrogen-bond donors (Lipinski definition) is 2.